The Morgan fingerprint density at radius 2 is 1.88 bits per heavy atom. The Balaban J connectivity index is 3.36. The Labute approximate surface area is 106 Å². The molecule has 17 heavy (non-hydrogen) atoms. The van der Waals surface area contributed by atoms with E-state index in [4.69, 9.17) is 4.74 Å². The van der Waals surface area contributed by atoms with Gasteiger partial charge < -0.3 is 15.0 Å². The summed E-state index contributed by atoms with van der Waals surface area (Å²) in [6.07, 6.45) is 2.24. The van der Waals surface area contributed by atoms with Crippen LogP contribution < -0.4 is 5.32 Å². The minimum atomic E-state index is -0.0177. The number of hydrogen-bond donors (Lipinski definition) is 1. The van der Waals surface area contributed by atoms with Crippen LogP contribution in [0.3, 0.4) is 0 Å². The van der Waals surface area contributed by atoms with Gasteiger partial charge >= 0.3 is 0 Å². The standard InChI is InChI=1S/C13H28N2O2/c1-11(2)15(5)9-7-6-8-14-13(16)10-17-12(3)4/h11-12H,6-10H2,1-5H3,(H,14,16). The van der Waals surface area contributed by atoms with E-state index in [1.54, 1.807) is 0 Å². The molecule has 4 nitrogen and oxygen atoms in total. The van der Waals surface area contributed by atoms with Crippen LogP contribution in [0.2, 0.25) is 0 Å². The fourth-order valence-electron chi connectivity index (χ4n) is 1.27. The molecule has 0 aromatic heterocycles. The summed E-state index contributed by atoms with van der Waals surface area (Å²) in [7, 11) is 2.12. The number of carbonyl (C=O) groups excluding carboxylic acids is 1. The smallest absolute Gasteiger partial charge is 0.246 e. The minimum absolute atomic E-state index is 0.0177. The molecular weight excluding hydrogens is 216 g/mol. The van der Waals surface area contributed by atoms with Gasteiger partial charge in [0.15, 0.2) is 0 Å². The molecule has 0 aliphatic heterocycles. The van der Waals surface area contributed by atoms with Crippen LogP contribution in [0.1, 0.15) is 40.5 Å². The zero-order chi connectivity index (χ0) is 13.3. The third-order valence-electron chi connectivity index (χ3n) is 2.69. The molecule has 1 amide bonds. The maximum Gasteiger partial charge on any atom is 0.246 e. The van der Waals surface area contributed by atoms with Gasteiger partial charge in [-0.1, -0.05) is 0 Å². The maximum atomic E-state index is 11.3. The number of unbranched alkanes of at least 4 members (excludes halogenated alkanes) is 1. The first-order valence-corrected chi connectivity index (χ1v) is 6.52. The molecule has 0 saturated heterocycles. The van der Waals surface area contributed by atoms with Crippen LogP contribution in [0.25, 0.3) is 0 Å². The molecule has 0 atom stereocenters. The predicted octanol–water partition coefficient (Wildman–Crippen LogP) is 1.65. The SMILES string of the molecule is CC(C)OCC(=O)NCCCCN(C)C(C)C. The molecule has 0 saturated carbocycles. The Kier molecular flexibility index (Phi) is 9.09. The van der Waals surface area contributed by atoms with Gasteiger partial charge in [0.25, 0.3) is 0 Å². The second-order valence-corrected chi connectivity index (χ2v) is 4.99. The van der Waals surface area contributed by atoms with Gasteiger partial charge in [-0.2, -0.15) is 0 Å². The van der Waals surface area contributed by atoms with E-state index in [9.17, 15) is 4.79 Å². The molecule has 0 spiro atoms. The largest absolute Gasteiger partial charge is 0.369 e. The second kappa shape index (κ2) is 9.42. The molecule has 102 valence electrons. The second-order valence-electron chi connectivity index (χ2n) is 4.99. The maximum absolute atomic E-state index is 11.3. The highest BCUT2D eigenvalue weighted by molar-refractivity contribution is 5.77. The van der Waals surface area contributed by atoms with Gasteiger partial charge in [0.2, 0.25) is 5.91 Å². The van der Waals surface area contributed by atoms with Crippen LogP contribution in [0.15, 0.2) is 0 Å². The van der Waals surface area contributed by atoms with Crippen LogP contribution >= 0.6 is 0 Å². The van der Waals surface area contributed by atoms with Crippen LogP contribution in [-0.2, 0) is 9.53 Å². The van der Waals surface area contributed by atoms with Crippen molar-refractivity contribution in [3.05, 3.63) is 0 Å². The average Bonchev–Trinajstić information content (AvgIpc) is 2.25. The number of hydrogen-bond acceptors (Lipinski definition) is 3. The summed E-state index contributed by atoms with van der Waals surface area (Å²) in [6, 6.07) is 0.587. The third kappa shape index (κ3) is 10.3. The Morgan fingerprint density at radius 1 is 1.24 bits per heavy atom. The number of rotatable bonds is 9. The number of nitrogens with one attached hydrogen (secondary N) is 1. The summed E-state index contributed by atoms with van der Waals surface area (Å²) >= 11 is 0. The van der Waals surface area contributed by atoms with Crippen LogP contribution in [-0.4, -0.2) is 49.7 Å². The first-order valence-electron chi connectivity index (χ1n) is 6.52. The van der Waals surface area contributed by atoms with Crippen molar-refractivity contribution in [2.45, 2.75) is 52.7 Å². The van der Waals surface area contributed by atoms with Gasteiger partial charge in [0.05, 0.1) is 6.10 Å². The van der Waals surface area contributed by atoms with Gasteiger partial charge in [0.1, 0.15) is 6.61 Å². The Hall–Kier alpha value is -0.610. The third-order valence-corrected chi connectivity index (χ3v) is 2.69. The van der Waals surface area contributed by atoms with Crippen molar-refractivity contribution < 1.29 is 9.53 Å². The molecule has 0 fully saturated rings. The quantitative estimate of drug-likeness (QED) is 0.627. The predicted molar refractivity (Wildman–Crippen MR) is 71.1 cm³/mol. The summed E-state index contributed by atoms with van der Waals surface area (Å²) in [5.41, 5.74) is 0. The van der Waals surface area contributed by atoms with Crippen LogP contribution in [0, 0.1) is 0 Å². The van der Waals surface area contributed by atoms with E-state index in [1.807, 2.05) is 13.8 Å². The summed E-state index contributed by atoms with van der Waals surface area (Å²) in [5, 5.41) is 2.86. The van der Waals surface area contributed by atoms with Crippen molar-refractivity contribution in [2.24, 2.45) is 0 Å². The van der Waals surface area contributed by atoms with E-state index in [2.05, 4.69) is 31.1 Å². The number of carbonyl (C=O) groups is 1. The van der Waals surface area contributed by atoms with E-state index in [0.29, 0.717) is 6.04 Å². The van der Waals surface area contributed by atoms with Crippen molar-refractivity contribution >= 4 is 5.91 Å². The molecule has 0 aliphatic carbocycles. The summed E-state index contributed by atoms with van der Waals surface area (Å²) < 4.78 is 5.21. The van der Waals surface area contributed by atoms with E-state index < -0.39 is 0 Å². The average molecular weight is 244 g/mol. The monoisotopic (exact) mass is 244 g/mol. The molecule has 1 N–H and O–H groups in total. The van der Waals surface area contributed by atoms with Gasteiger partial charge in [-0.25, -0.2) is 0 Å². The molecule has 4 heteroatoms. The lowest BCUT2D eigenvalue weighted by atomic mass is 10.2. The van der Waals surface area contributed by atoms with Gasteiger partial charge in [-0.05, 0) is 54.1 Å². The topological polar surface area (TPSA) is 41.6 Å². The Bertz CT molecular complexity index is 206. The highest BCUT2D eigenvalue weighted by Gasteiger charge is 2.04. The molecule has 0 heterocycles. The lowest BCUT2D eigenvalue weighted by Gasteiger charge is -2.20. The number of nitrogens with zero attached hydrogens (tertiary/aromatic N) is 1. The normalized spacial score (nSPS) is 11.5. The summed E-state index contributed by atoms with van der Waals surface area (Å²) in [4.78, 5) is 13.6. The van der Waals surface area contributed by atoms with Gasteiger partial charge in [0, 0.05) is 12.6 Å². The van der Waals surface area contributed by atoms with E-state index in [0.717, 1.165) is 25.9 Å². The summed E-state index contributed by atoms with van der Waals surface area (Å²) in [6.45, 7) is 10.2. The zero-order valence-corrected chi connectivity index (χ0v) is 12.0. The molecular formula is C13H28N2O2. The van der Waals surface area contributed by atoms with Gasteiger partial charge in [-0.15, -0.1) is 0 Å². The van der Waals surface area contributed by atoms with Crippen molar-refractivity contribution in [3.8, 4) is 0 Å². The van der Waals surface area contributed by atoms with Crippen molar-refractivity contribution in [3.63, 3.8) is 0 Å². The van der Waals surface area contributed by atoms with Crippen LogP contribution in [0.4, 0.5) is 0 Å². The van der Waals surface area contributed by atoms with Crippen molar-refractivity contribution in [1.29, 1.82) is 0 Å². The molecule has 0 rings (SSSR count). The number of ether oxygens (including phenoxy) is 1. The fraction of sp³-hybridized carbons (Fsp3) is 0.923. The van der Waals surface area contributed by atoms with Gasteiger partial charge in [-0.3, -0.25) is 4.79 Å². The molecule has 0 bridgehead atoms. The summed E-state index contributed by atoms with van der Waals surface area (Å²) in [5.74, 6) is -0.0177. The molecule has 0 aromatic rings. The number of amides is 1. The zero-order valence-electron chi connectivity index (χ0n) is 12.0. The van der Waals surface area contributed by atoms with Crippen LogP contribution in [0.5, 0.6) is 0 Å². The highest BCUT2D eigenvalue weighted by Crippen LogP contribution is 1.97. The Morgan fingerprint density at radius 3 is 2.41 bits per heavy atom. The lowest BCUT2D eigenvalue weighted by molar-refractivity contribution is -0.127. The van der Waals surface area contributed by atoms with Crippen molar-refractivity contribution in [1.82, 2.24) is 10.2 Å². The first-order chi connectivity index (χ1) is 7.93. The fourth-order valence-corrected chi connectivity index (χ4v) is 1.27. The molecule has 0 aliphatic rings. The molecule has 0 radical (unpaired) electrons. The first kappa shape index (κ1) is 16.4. The van der Waals surface area contributed by atoms with E-state index >= 15 is 0 Å². The molecule has 0 aromatic carbocycles. The van der Waals surface area contributed by atoms with E-state index in [-0.39, 0.29) is 18.6 Å². The minimum Gasteiger partial charge on any atom is -0.369 e. The lowest BCUT2D eigenvalue weighted by Crippen LogP contribution is -2.31. The van der Waals surface area contributed by atoms with E-state index in [1.165, 1.54) is 0 Å². The van der Waals surface area contributed by atoms with Crippen molar-refractivity contribution in [2.75, 3.05) is 26.7 Å². The molecule has 0 unspecified atom stereocenters. The highest BCUT2D eigenvalue weighted by atomic mass is 16.5.